The highest BCUT2D eigenvalue weighted by Crippen LogP contribution is 2.34. The summed E-state index contributed by atoms with van der Waals surface area (Å²) in [5, 5.41) is 2.50. The van der Waals surface area contributed by atoms with Crippen LogP contribution >= 0.6 is 0 Å². The minimum atomic E-state index is -4.89. The number of carbonyl (C=O) groups is 1. The van der Waals surface area contributed by atoms with Crippen molar-refractivity contribution in [2.24, 2.45) is 0 Å². The fraction of sp³-hybridized carbons (Fsp3) is 0.450. The van der Waals surface area contributed by atoms with Crippen molar-refractivity contribution in [1.82, 2.24) is 9.97 Å². The zero-order chi connectivity index (χ0) is 24.6. The van der Waals surface area contributed by atoms with Crippen molar-refractivity contribution in [3.63, 3.8) is 0 Å². The zero-order valence-corrected chi connectivity index (χ0v) is 18.6. The van der Waals surface area contributed by atoms with Crippen LogP contribution in [-0.4, -0.2) is 45.4 Å². The third-order valence-electron chi connectivity index (χ3n) is 5.11. The van der Waals surface area contributed by atoms with Gasteiger partial charge in [0.2, 0.25) is 11.7 Å². The summed E-state index contributed by atoms with van der Waals surface area (Å²) in [6.45, 7) is 0.921. The summed E-state index contributed by atoms with van der Waals surface area (Å²) in [6.07, 6.45) is -4.69. The molecule has 0 aliphatic carbocycles. The monoisotopic (exact) mass is 491 g/mol. The lowest BCUT2D eigenvalue weighted by Gasteiger charge is -2.25. The number of rotatable bonds is 4. The van der Waals surface area contributed by atoms with Gasteiger partial charge in [-0.1, -0.05) is 6.07 Å². The van der Waals surface area contributed by atoms with Crippen molar-refractivity contribution in [2.75, 3.05) is 29.6 Å². The Labute approximate surface area is 187 Å². The van der Waals surface area contributed by atoms with Gasteiger partial charge >= 0.3 is 6.18 Å². The number of halogens is 5. The molecule has 0 saturated carbocycles. The van der Waals surface area contributed by atoms with Crippen LogP contribution in [0.1, 0.15) is 41.1 Å². The van der Waals surface area contributed by atoms with Crippen LogP contribution in [0, 0.1) is 11.7 Å². The number of hydrogen-bond acceptors (Lipinski definition) is 6. The lowest BCUT2D eigenvalue weighted by atomic mass is 10.1. The highest BCUT2D eigenvalue weighted by Gasteiger charge is 2.39. The number of aromatic nitrogens is 2. The van der Waals surface area contributed by atoms with Gasteiger partial charge in [0.15, 0.2) is 0 Å². The van der Waals surface area contributed by atoms with E-state index in [4.69, 9.17) is 4.78 Å². The summed E-state index contributed by atoms with van der Waals surface area (Å²) in [7, 11) is -3.08. The maximum Gasteiger partial charge on any atom is 0.451 e. The molecular formula is C20H22F5N5O2S. The largest absolute Gasteiger partial charge is 0.451 e. The number of hydrogen-bond donors (Lipinski definition) is 2. The highest BCUT2D eigenvalue weighted by atomic mass is 32.2. The number of benzene rings is 1. The van der Waals surface area contributed by atoms with Crippen LogP contribution < -0.4 is 10.2 Å². The Kier molecular flexibility index (Phi) is 6.65. The number of alkyl halides is 5. The zero-order valence-electron chi connectivity index (χ0n) is 17.8. The Hall–Kier alpha value is -2.83. The Bertz CT molecular complexity index is 1170. The molecule has 1 aromatic carbocycles. The SMILES string of the molecule is Cc1nc(C(F)(F)F)nc(N2CCCC(F)(F)CC2)c1C(=O)Nc1cccc([S@](C)(=N)=O)c1. The molecule has 13 heteroatoms. The minimum absolute atomic E-state index is 0.00412. The molecule has 2 heterocycles. The molecule has 1 atom stereocenters. The summed E-state index contributed by atoms with van der Waals surface area (Å²) in [4.78, 5) is 21.4. The number of aryl methyl sites for hydroxylation is 1. The van der Waals surface area contributed by atoms with Crippen LogP contribution in [0.3, 0.4) is 0 Å². The normalized spacial score (nSPS) is 18.3. The van der Waals surface area contributed by atoms with Gasteiger partial charge in [0.1, 0.15) is 11.4 Å². The topological polar surface area (TPSA) is 99.0 Å². The summed E-state index contributed by atoms with van der Waals surface area (Å²) in [5.41, 5.74) is -0.384. The Morgan fingerprint density at radius 1 is 1.21 bits per heavy atom. The number of nitrogens with one attached hydrogen (secondary N) is 2. The highest BCUT2D eigenvalue weighted by molar-refractivity contribution is 7.91. The molecule has 0 radical (unpaired) electrons. The first kappa shape index (κ1) is 24.8. The third kappa shape index (κ3) is 5.95. The van der Waals surface area contributed by atoms with E-state index < -0.39 is 46.4 Å². The van der Waals surface area contributed by atoms with Crippen LogP contribution in [0.4, 0.5) is 33.5 Å². The van der Waals surface area contributed by atoms with E-state index >= 15 is 0 Å². The number of nitrogens with zero attached hydrogens (tertiary/aromatic N) is 3. The Morgan fingerprint density at radius 2 is 1.91 bits per heavy atom. The first-order valence-corrected chi connectivity index (χ1v) is 11.9. The molecular weight excluding hydrogens is 469 g/mol. The quantitative estimate of drug-likeness (QED) is 0.604. The fourth-order valence-corrected chi connectivity index (χ4v) is 4.15. The lowest BCUT2D eigenvalue weighted by Crippen LogP contribution is -2.31. The number of carbonyl (C=O) groups excluding carboxylic acids is 1. The predicted octanol–water partition coefficient (Wildman–Crippen LogP) is 4.72. The van der Waals surface area contributed by atoms with Gasteiger partial charge in [0, 0.05) is 42.8 Å². The van der Waals surface area contributed by atoms with E-state index in [9.17, 15) is 31.0 Å². The second kappa shape index (κ2) is 8.84. The van der Waals surface area contributed by atoms with E-state index in [2.05, 4.69) is 15.3 Å². The third-order valence-corrected chi connectivity index (χ3v) is 6.26. The van der Waals surface area contributed by atoms with Gasteiger partial charge in [-0.2, -0.15) is 13.2 Å². The predicted molar refractivity (Wildman–Crippen MR) is 112 cm³/mol. The van der Waals surface area contributed by atoms with E-state index in [0.717, 1.165) is 0 Å². The average molecular weight is 491 g/mol. The standard InChI is InChI=1S/C20H22F5N5O2S/c1-12-15(17(31)28-13-5-3-6-14(11-13)33(2,26)32)16(29-18(27-12)20(23,24)25)30-9-4-7-19(21,22)8-10-30/h3,5-6,11,26H,4,7-10H2,1-2H3,(H,28,31)/t33-/m1/s1. The van der Waals surface area contributed by atoms with Crippen molar-refractivity contribution in [2.45, 2.75) is 43.2 Å². The lowest BCUT2D eigenvalue weighted by molar-refractivity contribution is -0.145. The second-order valence-electron chi connectivity index (χ2n) is 7.85. The molecule has 0 unspecified atom stereocenters. The van der Waals surface area contributed by atoms with Gasteiger partial charge in [0.05, 0.1) is 15.4 Å². The average Bonchev–Trinajstić information content (AvgIpc) is 2.86. The molecule has 3 rings (SSSR count). The fourth-order valence-electron chi connectivity index (χ4n) is 3.46. The van der Waals surface area contributed by atoms with Crippen LogP contribution in [-0.2, 0) is 15.9 Å². The first-order valence-electron chi connectivity index (χ1n) is 9.91. The van der Waals surface area contributed by atoms with Gasteiger partial charge in [-0.25, -0.2) is 27.7 Å². The Balaban J connectivity index is 2.04. The number of anilines is 2. The molecule has 0 bridgehead atoms. The van der Waals surface area contributed by atoms with Gasteiger partial charge in [-0.3, -0.25) is 4.79 Å². The molecule has 2 aromatic rings. The molecule has 1 aromatic heterocycles. The van der Waals surface area contributed by atoms with Crippen molar-refractivity contribution in [1.29, 1.82) is 4.78 Å². The molecule has 1 amide bonds. The van der Waals surface area contributed by atoms with Gasteiger partial charge < -0.3 is 10.2 Å². The van der Waals surface area contributed by atoms with Crippen LogP contribution in [0.2, 0.25) is 0 Å². The first-order chi connectivity index (χ1) is 15.2. The molecule has 1 aliphatic rings. The number of amides is 1. The van der Waals surface area contributed by atoms with Gasteiger partial charge in [-0.05, 0) is 31.5 Å². The summed E-state index contributed by atoms with van der Waals surface area (Å²) < 4.78 is 87.3. The van der Waals surface area contributed by atoms with E-state index in [1.807, 2.05) is 0 Å². The molecule has 2 N–H and O–H groups in total. The molecule has 180 valence electrons. The summed E-state index contributed by atoms with van der Waals surface area (Å²) in [6, 6.07) is 5.69. The maximum atomic E-state index is 13.8. The molecule has 1 aliphatic heterocycles. The maximum absolute atomic E-state index is 13.8. The van der Waals surface area contributed by atoms with E-state index in [1.54, 1.807) is 0 Å². The molecule has 33 heavy (non-hydrogen) atoms. The van der Waals surface area contributed by atoms with Crippen LogP contribution in [0.5, 0.6) is 0 Å². The molecule has 1 fully saturated rings. The van der Waals surface area contributed by atoms with E-state index in [0.29, 0.717) is 0 Å². The van der Waals surface area contributed by atoms with Crippen molar-refractivity contribution in [3.05, 3.63) is 41.3 Å². The van der Waals surface area contributed by atoms with Crippen LogP contribution in [0.25, 0.3) is 0 Å². The van der Waals surface area contributed by atoms with Crippen molar-refractivity contribution in [3.8, 4) is 0 Å². The van der Waals surface area contributed by atoms with E-state index in [1.165, 1.54) is 42.3 Å². The molecule has 1 saturated heterocycles. The van der Waals surface area contributed by atoms with Crippen LogP contribution in [0.15, 0.2) is 29.2 Å². The van der Waals surface area contributed by atoms with Crippen molar-refractivity contribution >= 4 is 27.1 Å². The summed E-state index contributed by atoms with van der Waals surface area (Å²) >= 11 is 0. The van der Waals surface area contributed by atoms with Gasteiger partial charge in [-0.15, -0.1) is 0 Å². The Morgan fingerprint density at radius 3 is 2.55 bits per heavy atom. The molecule has 7 nitrogen and oxygen atoms in total. The summed E-state index contributed by atoms with van der Waals surface area (Å²) in [5.74, 6) is -5.65. The van der Waals surface area contributed by atoms with Crippen molar-refractivity contribution < 1.29 is 31.0 Å². The smallest absolute Gasteiger partial charge is 0.356 e. The van der Waals surface area contributed by atoms with E-state index in [-0.39, 0.29) is 47.2 Å². The second-order valence-corrected chi connectivity index (χ2v) is 10.0. The van der Waals surface area contributed by atoms with Gasteiger partial charge in [0.25, 0.3) is 5.91 Å². The molecule has 0 spiro atoms. The minimum Gasteiger partial charge on any atom is -0.356 e.